The molecule has 1 aliphatic heterocycles. The number of carbonyl (C=O) groups excluding carboxylic acids is 3. The predicted molar refractivity (Wildman–Crippen MR) is 102 cm³/mol. The number of nitrogens with one attached hydrogen (secondary N) is 1. The number of nitrogens with zero attached hydrogens (tertiary/aromatic N) is 1. The Morgan fingerprint density at radius 3 is 2.64 bits per heavy atom. The summed E-state index contributed by atoms with van der Waals surface area (Å²) in [6.07, 6.45) is 0.784. The van der Waals surface area contributed by atoms with Crippen LogP contribution in [0.25, 0.3) is 0 Å². The summed E-state index contributed by atoms with van der Waals surface area (Å²) in [6, 6.07) is 14.6. The number of ether oxygens (including phenoxy) is 2. The van der Waals surface area contributed by atoms with Crippen LogP contribution in [0.3, 0.4) is 0 Å². The number of amides is 2. The van der Waals surface area contributed by atoms with E-state index in [9.17, 15) is 14.4 Å². The van der Waals surface area contributed by atoms with Crippen LogP contribution in [0, 0.1) is 0 Å². The van der Waals surface area contributed by atoms with Crippen molar-refractivity contribution in [2.24, 2.45) is 0 Å². The van der Waals surface area contributed by atoms with Crippen molar-refractivity contribution in [2.75, 3.05) is 26.8 Å². The highest BCUT2D eigenvalue weighted by Crippen LogP contribution is 2.18. The molecule has 0 radical (unpaired) electrons. The molecule has 0 bridgehead atoms. The number of benzene rings is 2. The molecule has 7 nitrogen and oxygen atoms in total. The first-order valence-electron chi connectivity index (χ1n) is 8.99. The topological polar surface area (TPSA) is 84.9 Å². The molecule has 0 saturated carbocycles. The molecule has 0 aliphatic carbocycles. The molecule has 0 unspecified atom stereocenters. The van der Waals surface area contributed by atoms with E-state index in [0.717, 1.165) is 12.0 Å². The van der Waals surface area contributed by atoms with Gasteiger partial charge in [0.15, 0.2) is 6.61 Å². The molecule has 0 fully saturated rings. The standard InChI is InChI=1S/C21H22N2O5/c1-27-18-8-4-7-16(11-18)21(26)22-12-20(25)28-14-19(24)23-10-9-15-5-2-3-6-17(15)13-23/h2-8,11H,9-10,12-14H2,1H3,(H,22,26). The molecule has 0 spiro atoms. The van der Waals surface area contributed by atoms with Crippen molar-refractivity contribution in [1.29, 1.82) is 0 Å². The van der Waals surface area contributed by atoms with Gasteiger partial charge in [-0.2, -0.15) is 0 Å². The molecule has 2 aromatic carbocycles. The Balaban J connectivity index is 1.43. The van der Waals surface area contributed by atoms with Crippen molar-refractivity contribution in [1.82, 2.24) is 10.2 Å². The van der Waals surface area contributed by atoms with E-state index in [2.05, 4.69) is 11.4 Å². The van der Waals surface area contributed by atoms with E-state index < -0.39 is 11.9 Å². The van der Waals surface area contributed by atoms with Crippen molar-refractivity contribution >= 4 is 17.8 Å². The largest absolute Gasteiger partial charge is 0.497 e. The molecule has 1 N–H and O–H groups in total. The monoisotopic (exact) mass is 382 g/mol. The minimum absolute atomic E-state index is 0.248. The van der Waals surface area contributed by atoms with Crippen LogP contribution in [-0.4, -0.2) is 49.5 Å². The average Bonchev–Trinajstić information content (AvgIpc) is 2.75. The summed E-state index contributed by atoms with van der Waals surface area (Å²) in [4.78, 5) is 37.9. The van der Waals surface area contributed by atoms with Crippen molar-refractivity contribution < 1.29 is 23.9 Å². The third-order valence-electron chi connectivity index (χ3n) is 4.57. The quantitative estimate of drug-likeness (QED) is 0.767. The van der Waals surface area contributed by atoms with Crippen molar-refractivity contribution in [3.05, 3.63) is 65.2 Å². The van der Waals surface area contributed by atoms with Crippen molar-refractivity contribution in [2.45, 2.75) is 13.0 Å². The lowest BCUT2D eigenvalue weighted by molar-refractivity contribution is -0.151. The molecular formula is C21H22N2O5. The number of methoxy groups -OCH3 is 1. The third-order valence-corrected chi connectivity index (χ3v) is 4.57. The molecule has 3 rings (SSSR count). The van der Waals surface area contributed by atoms with Gasteiger partial charge in [-0.1, -0.05) is 30.3 Å². The molecule has 0 atom stereocenters. The molecule has 7 heteroatoms. The Morgan fingerprint density at radius 1 is 1.07 bits per heavy atom. The zero-order valence-corrected chi connectivity index (χ0v) is 15.6. The fraction of sp³-hybridized carbons (Fsp3) is 0.286. The van der Waals surface area contributed by atoms with Gasteiger partial charge in [-0.25, -0.2) is 0 Å². The summed E-state index contributed by atoms with van der Waals surface area (Å²) >= 11 is 0. The maximum absolute atomic E-state index is 12.3. The molecule has 1 heterocycles. The van der Waals surface area contributed by atoms with E-state index in [1.54, 1.807) is 29.2 Å². The van der Waals surface area contributed by atoms with E-state index in [1.165, 1.54) is 12.7 Å². The highest BCUT2D eigenvalue weighted by molar-refractivity contribution is 5.96. The van der Waals surface area contributed by atoms with E-state index in [0.29, 0.717) is 24.4 Å². The summed E-state index contributed by atoms with van der Waals surface area (Å²) in [5.74, 6) is -0.789. The molecule has 1 aliphatic rings. The van der Waals surface area contributed by atoms with E-state index in [4.69, 9.17) is 9.47 Å². The minimum atomic E-state index is -0.665. The summed E-state index contributed by atoms with van der Waals surface area (Å²) in [7, 11) is 1.51. The van der Waals surface area contributed by atoms with Crippen molar-refractivity contribution in [3.63, 3.8) is 0 Å². The molecular weight excluding hydrogens is 360 g/mol. The lowest BCUT2D eigenvalue weighted by Gasteiger charge is -2.28. The summed E-state index contributed by atoms with van der Waals surface area (Å²) in [5.41, 5.74) is 2.72. The van der Waals surface area contributed by atoms with Gasteiger partial charge in [0.25, 0.3) is 11.8 Å². The Hall–Kier alpha value is -3.35. The van der Waals surface area contributed by atoms with E-state index in [1.807, 2.05) is 18.2 Å². The van der Waals surface area contributed by atoms with Crippen LogP contribution in [0.15, 0.2) is 48.5 Å². The Morgan fingerprint density at radius 2 is 1.86 bits per heavy atom. The zero-order chi connectivity index (χ0) is 19.9. The van der Waals surface area contributed by atoms with Crippen LogP contribution < -0.4 is 10.1 Å². The summed E-state index contributed by atoms with van der Waals surface area (Å²) in [5, 5.41) is 2.47. The third kappa shape index (κ3) is 4.88. The smallest absolute Gasteiger partial charge is 0.325 e. The van der Waals surface area contributed by atoms with Crippen LogP contribution in [0.5, 0.6) is 5.75 Å². The van der Waals surface area contributed by atoms with Crippen LogP contribution in [0.1, 0.15) is 21.5 Å². The number of hydrogen-bond acceptors (Lipinski definition) is 5. The fourth-order valence-electron chi connectivity index (χ4n) is 3.01. The molecule has 0 aromatic heterocycles. The van der Waals surface area contributed by atoms with E-state index in [-0.39, 0.29) is 19.1 Å². The zero-order valence-electron chi connectivity index (χ0n) is 15.6. The highest BCUT2D eigenvalue weighted by Gasteiger charge is 2.21. The van der Waals surface area contributed by atoms with Gasteiger partial charge in [-0.05, 0) is 35.7 Å². The Bertz CT molecular complexity index is 881. The number of hydrogen-bond donors (Lipinski definition) is 1. The SMILES string of the molecule is COc1cccc(C(=O)NCC(=O)OCC(=O)N2CCc3ccccc3C2)c1. The Labute approximate surface area is 163 Å². The van der Waals surface area contributed by atoms with Gasteiger partial charge in [0.05, 0.1) is 7.11 Å². The number of rotatable bonds is 6. The lowest BCUT2D eigenvalue weighted by atomic mass is 10.00. The summed E-state index contributed by atoms with van der Waals surface area (Å²) in [6.45, 7) is 0.460. The van der Waals surface area contributed by atoms with Crippen LogP contribution >= 0.6 is 0 Å². The maximum atomic E-state index is 12.3. The average molecular weight is 382 g/mol. The van der Waals surface area contributed by atoms with Gasteiger partial charge in [0.1, 0.15) is 12.3 Å². The molecule has 28 heavy (non-hydrogen) atoms. The normalized spacial score (nSPS) is 12.7. The number of fused-ring (bicyclic) bond motifs is 1. The lowest BCUT2D eigenvalue weighted by Crippen LogP contribution is -2.39. The molecule has 146 valence electrons. The van der Waals surface area contributed by atoms with E-state index >= 15 is 0 Å². The van der Waals surface area contributed by atoms with Gasteiger partial charge in [0.2, 0.25) is 0 Å². The second-order valence-corrected chi connectivity index (χ2v) is 6.41. The molecule has 2 amide bonds. The van der Waals surface area contributed by atoms with Crippen molar-refractivity contribution in [3.8, 4) is 5.75 Å². The predicted octanol–water partition coefficient (Wildman–Crippen LogP) is 1.55. The number of carbonyl (C=O) groups is 3. The Kier molecular flexibility index (Phi) is 6.26. The second kappa shape index (κ2) is 9.03. The fourth-order valence-corrected chi connectivity index (χ4v) is 3.01. The minimum Gasteiger partial charge on any atom is -0.497 e. The van der Waals surface area contributed by atoms with Crippen LogP contribution in [0.4, 0.5) is 0 Å². The number of esters is 1. The molecule has 0 saturated heterocycles. The summed E-state index contributed by atoms with van der Waals surface area (Å²) < 4.78 is 10.1. The van der Waals surface area contributed by atoms with Gasteiger partial charge < -0.3 is 19.7 Å². The first-order chi connectivity index (χ1) is 13.6. The van der Waals surface area contributed by atoms with Crippen LogP contribution in [-0.2, 0) is 27.3 Å². The van der Waals surface area contributed by atoms with Gasteiger partial charge in [0, 0.05) is 18.7 Å². The van der Waals surface area contributed by atoms with Gasteiger partial charge in [-0.15, -0.1) is 0 Å². The maximum Gasteiger partial charge on any atom is 0.325 e. The van der Waals surface area contributed by atoms with Gasteiger partial charge in [-0.3, -0.25) is 14.4 Å². The van der Waals surface area contributed by atoms with Gasteiger partial charge >= 0.3 is 5.97 Å². The first kappa shape index (κ1) is 19.4. The van der Waals surface area contributed by atoms with Crippen LogP contribution in [0.2, 0.25) is 0 Å². The first-order valence-corrected chi connectivity index (χ1v) is 8.99. The second-order valence-electron chi connectivity index (χ2n) is 6.41. The highest BCUT2D eigenvalue weighted by atomic mass is 16.5. The molecule has 2 aromatic rings.